The second-order valence-corrected chi connectivity index (χ2v) is 5.72. The van der Waals surface area contributed by atoms with Gasteiger partial charge in [0.2, 0.25) is 5.91 Å². The van der Waals surface area contributed by atoms with Gasteiger partial charge in [0.25, 0.3) is 5.91 Å². The smallest absolute Gasteiger partial charge is 0.332 e. The molecule has 24 heavy (non-hydrogen) atoms. The number of methoxy groups -OCH3 is 1. The van der Waals surface area contributed by atoms with Gasteiger partial charge in [0.05, 0.1) is 7.11 Å². The van der Waals surface area contributed by atoms with E-state index < -0.39 is 17.8 Å². The normalized spacial score (nSPS) is 14.0. The van der Waals surface area contributed by atoms with Crippen molar-refractivity contribution in [2.24, 2.45) is 0 Å². The van der Waals surface area contributed by atoms with E-state index in [2.05, 4.69) is 9.57 Å². The Labute approximate surface area is 141 Å². The Morgan fingerprint density at radius 1 is 0.875 bits per heavy atom. The molecule has 1 rings (SSSR count). The van der Waals surface area contributed by atoms with E-state index in [0.717, 1.165) is 32.4 Å². The zero-order chi connectivity index (χ0) is 17.8. The molecule has 0 saturated carbocycles. The summed E-state index contributed by atoms with van der Waals surface area (Å²) in [5, 5.41) is 0. The first-order valence-corrected chi connectivity index (χ1v) is 8.36. The van der Waals surface area contributed by atoms with Gasteiger partial charge in [-0.1, -0.05) is 0 Å². The van der Waals surface area contributed by atoms with Gasteiger partial charge in [-0.25, -0.2) is 4.79 Å². The topological polar surface area (TPSA) is 102 Å². The number of carbonyl (C=O) groups excluding carboxylic acids is 4. The maximum absolute atomic E-state index is 11.9. The summed E-state index contributed by atoms with van der Waals surface area (Å²) in [6.45, 7) is 1.59. The molecule has 1 fully saturated rings. The summed E-state index contributed by atoms with van der Waals surface area (Å²) < 4.78 is 4.45. The van der Waals surface area contributed by atoms with Crippen LogP contribution in [0.25, 0.3) is 0 Å². The molecule has 0 radical (unpaired) electrons. The van der Waals surface area contributed by atoms with Crippen LogP contribution in [-0.4, -0.2) is 48.9 Å². The number of amides is 2. The Bertz CT molecular complexity index is 446. The molecule has 136 valence electrons. The van der Waals surface area contributed by atoms with Gasteiger partial charge in [0.15, 0.2) is 0 Å². The summed E-state index contributed by atoms with van der Waals surface area (Å²) in [4.78, 5) is 52.2. The molecule has 8 nitrogen and oxygen atoms in total. The molecule has 0 aromatic heterocycles. The van der Waals surface area contributed by atoms with Crippen LogP contribution in [0.2, 0.25) is 0 Å². The van der Waals surface area contributed by atoms with Gasteiger partial charge in [0, 0.05) is 38.8 Å². The van der Waals surface area contributed by atoms with Gasteiger partial charge in [-0.15, -0.1) is 0 Å². The van der Waals surface area contributed by atoms with Crippen molar-refractivity contribution in [3.8, 4) is 0 Å². The highest BCUT2D eigenvalue weighted by Gasteiger charge is 2.16. The zero-order valence-electron chi connectivity index (χ0n) is 14.2. The first kappa shape index (κ1) is 19.9. The van der Waals surface area contributed by atoms with Crippen LogP contribution in [0.3, 0.4) is 0 Å². The van der Waals surface area contributed by atoms with E-state index in [1.54, 1.807) is 0 Å². The van der Waals surface area contributed by atoms with Crippen LogP contribution in [0.5, 0.6) is 0 Å². The number of carbonyl (C=O) groups is 4. The molecule has 0 bridgehead atoms. The van der Waals surface area contributed by atoms with E-state index in [9.17, 15) is 19.2 Å². The summed E-state index contributed by atoms with van der Waals surface area (Å²) in [6.07, 6.45) is 4.53. The average molecular weight is 342 g/mol. The molecule has 1 aliphatic rings. The Kier molecular flexibility index (Phi) is 9.48. The number of ether oxygens (including phenoxy) is 1. The Morgan fingerprint density at radius 3 is 2.17 bits per heavy atom. The Morgan fingerprint density at radius 2 is 1.50 bits per heavy atom. The minimum absolute atomic E-state index is 0.0642. The van der Waals surface area contributed by atoms with Crippen molar-refractivity contribution in [1.29, 1.82) is 0 Å². The van der Waals surface area contributed by atoms with Crippen molar-refractivity contribution in [2.75, 3.05) is 20.2 Å². The lowest BCUT2D eigenvalue weighted by Crippen LogP contribution is -2.35. The highest BCUT2D eigenvalue weighted by Crippen LogP contribution is 2.11. The van der Waals surface area contributed by atoms with Crippen LogP contribution in [-0.2, 0) is 28.8 Å². The van der Waals surface area contributed by atoms with Crippen LogP contribution >= 0.6 is 0 Å². The van der Waals surface area contributed by atoms with Gasteiger partial charge in [0.1, 0.15) is 0 Å². The lowest BCUT2D eigenvalue weighted by molar-refractivity contribution is -0.158. The lowest BCUT2D eigenvalue weighted by atomic mass is 10.1. The predicted molar refractivity (Wildman–Crippen MR) is 84.4 cm³/mol. The maximum Gasteiger partial charge on any atom is 0.332 e. The van der Waals surface area contributed by atoms with Gasteiger partial charge in [-0.2, -0.15) is 5.48 Å². The number of nitrogens with one attached hydrogen (secondary N) is 1. The first-order valence-electron chi connectivity index (χ1n) is 8.36. The summed E-state index contributed by atoms with van der Waals surface area (Å²) in [7, 11) is 1.28. The molecule has 8 heteroatoms. The minimum Gasteiger partial charge on any atom is -0.469 e. The van der Waals surface area contributed by atoms with E-state index >= 15 is 0 Å². The van der Waals surface area contributed by atoms with Gasteiger partial charge in [-0.3, -0.25) is 14.4 Å². The van der Waals surface area contributed by atoms with Crippen molar-refractivity contribution >= 4 is 23.8 Å². The maximum atomic E-state index is 11.9. The van der Waals surface area contributed by atoms with Crippen molar-refractivity contribution < 1.29 is 28.8 Å². The Balaban J connectivity index is 2.05. The minimum atomic E-state index is -0.581. The third kappa shape index (κ3) is 8.50. The summed E-state index contributed by atoms with van der Waals surface area (Å²) in [5.74, 6) is -1.38. The molecule has 1 heterocycles. The molecule has 2 amide bonds. The number of likely N-dealkylation sites (tertiary alicyclic amines) is 1. The van der Waals surface area contributed by atoms with E-state index in [4.69, 9.17) is 0 Å². The predicted octanol–water partition coefficient (Wildman–Crippen LogP) is 1.09. The van der Waals surface area contributed by atoms with E-state index in [0.29, 0.717) is 19.3 Å². The highest BCUT2D eigenvalue weighted by molar-refractivity contribution is 5.79. The summed E-state index contributed by atoms with van der Waals surface area (Å²) in [5.41, 5.74) is 2.04. The van der Waals surface area contributed by atoms with Crippen molar-refractivity contribution in [2.45, 2.75) is 57.8 Å². The summed E-state index contributed by atoms with van der Waals surface area (Å²) >= 11 is 0. The van der Waals surface area contributed by atoms with Gasteiger partial charge >= 0.3 is 11.9 Å². The molecule has 1 aliphatic heterocycles. The standard InChI is InChI=1S/C16H26N2O6/c1-23-15(21)9-5-7-13(19)17-24-16(22)10-6-8-14(20)18-11-3-2-4-12-18/h2-12H2,1H3,(H,17,19). The fourth-order valence-corrected chi connectivity index (χ4v) is 2.40. The summed E-state index contributed by atoms with van der Waals surface area (Å²) in [6, 6.07) is 0. The molecule has 0 aliphatic carbocycles. The third-order valence-electron chi connectivity index (χ3n) is 3.77. The van der Waals surface area contributed by atoms with E-state index in [-0.39, 0.29) is 25.2 Å². The lowest BCUT2D eigenvalue weighted by Gasteiger charge is -2.26. The van der Waals surface area contributed by atoms with Crippen LogP contribution < -0.4 is 5.48 Å². The quantitative estimate of drug-likeness (QED) is 0.523. The van der Waals surface area contributed by atoms with Crippen LogP contribution in [0, 0.1) is 0 Å². The molecule has 1 saturated heterocycles. The molecule has 0 spiro atoms. The molecular formula is C16H26N2O6. The van der Waals surface area contributed by atoms with E-state index in [1.807, 2.05) is 10.4 Å². The molecule has 0 unspecified atom stereocenters. The van der Waals surface area contributed by atoms with Crippen molar-refractivity contribution in [1.82, 2.24) is 10.4 Å². The van der Waals surface area contributed by atoms with Crippen molar-refractivity contribution in [3.63, 3.8) is 0 Å². The highest BCUT2D eigenvalue weighted by atomic mass is 16.7. The van der Waals surface area contributed by atoms with Gasteiger partial charge < -0.3 is 14.5 Å². The monoisotopic (exact) mass is 342 g/mol. The third-order valence-corrected chi connectivity index (χ3v) is 3.77. The largest absolute Gasteiger partial charge is 0.469 e. The van der Waals surface area contributed by atoms with E-state index in [1.165, 1.54) is 7.11 Å². The molecule has 0 aromatic carbocycles. The molecular weight excluding hydrogens is 316 g/mol. The SMILES string of the molecule is COC(=O)CCCC(=O)NOC(=O)CCCC(=O)N1CCCCC1. The number of nitrogens with zero attached hydrogens (tertiary/aromatic N) is 1. The number of hydrogen-bond acceptors (Lipinski definition) is 6. The second-order valence-electron chi connectivity index (χ2n) is 5.72. The average Bonchev–Trinajstić information content (AvgIpc) is 2.60. The number of piperidine rings is 1. The van der Waals surface area contributed by atoms with Crippen LogP contribution in [0.1, 0.15) is 57.8 Å². The first-order chi connectivity index (χ1) is 11.5. The zero-order valence-corrected chi connectivity index (χ0v) is 14.2. The number of hydroxylamine groups is 1. The second kappa shape index (κ2) is 11.4. The number of hydrogen-bond donors (Lipinski definition) is 1. The molecule has 0 aromatic rings. The fraction of sp³-hybridized carbons (Fsp3) is 0.750. The fourth-order valence-electron chi connectivity index (χ4n) is 2.40. The molecule has 0 atom stereocenters. The molecule has 1 N–H and O–H groups in total. The van der Waals surface area contributed by atoms with Crippen molar-refractivity contribution in [3.05, 3.63) is 0 Å². The Hall–Kier alpha value is -2.12. The van der Waals surface area contributed by atoms with Crippen LogP contribution in [0.15, 0.2) is 0 Å². The van der Waals surface area contributed by atoms with Crippen LogP contribution in [0.4, 0.5) is 0 Å². The number of rotatable bonds is 8. The van der Waals surface area contributed by atoms with Gasteiger partial charge in [-0.05, 0) is 32.1 Å². The number of esters is 1.